The van der Waals surface area contributed by atoms with Gasteiger partial charge >= 0.3 is 57.5 Å². The number of phosphoric acid groups is 2. The van der Waals surface area contributed by atoms with Crippen LogP contribution >= 0.6 is 29.1 Å². The Morgan fingerprint density at radius 1 is 0.509 bits per heavy atom. The number of aliphatic hydroxyl groups is 1. The number of nitrogens with two attached hydrogens (primary N) is 1. The normalized spacial score (nSPS) is 35.9. The zero-order valence-corrected chi connectivity index (χ0v) is 62.6. The van der Waals surface area contributed by atoms with Crippen LogP contribution < -0.4 is 56.4 Å². The highest BCUT2D eigenvalue weighted by Crippen LogP contribution is 2.63. The fourth-order valence-electron chi connectivity index (χ4n) is 14.3. The molecule has 8 fully saturated rings. The first kappa shape index (κ1) is 78.4. The third-order valence-electron chi connectivity index (χ3n) is 20.1. The molecule has 0 radical (unpaired) electrons. The lowest BCUT2D eigenvalue weighted by Gasteiger charge is -2.38. The molecular weight excluding hydrogens is 1540 g/mol. The van der Waals surface area contributed by atoms with Crippen LogP contribution in [0.25, 0.3) is 0 Å². The minimum Gasteiger partial charge on any atom is -0.387 e. The van der Waals surface area contributed by atoms with Gasteiger partial charge in [0, 0.05) is 71.6 Å². The lowest BCUT2D eigenvalue weighted by molar-refractivity contribution is -0.220. The number of aromatic nitrogens is 10. The van der Waals surface area contributed by atoms with Crippen molar-refractivity contribution in [1.82, 2.24) is 47.8 Å². The minimum absolute atomic E-state index is 0.0244. The predicted molar refractivity (Wildman–Crippen MR) is 363 cm³/mol. The molecule has 7 unspecified atom stereocenters. The summed E-state index contributed by atoms with van der Waals surface area (Å²) in [6.45, 7) is 0.0872. The van der Waals surface area contributed by atoms with Crippen molar-refractivity contribution < 1.29 is 108 Å². The first-order valence-electron chi connectivity index (χ1n) is 32.8. The second kappa shape index (κ2) is 28.6. The second-order valence-corrected chi connectivity index (χ2v) is 35.3. The van der Waals surface area contributed by atoms with E-state index in [1.807, 2.05) is 0 Å². The Hall–Kier alpha value is -5.68. The van der Waals surface area contributed by atoms with E-state index in [9.17, 15) is 77.0 Å². The zero-order chi connectivity index (χ0) is 76.8. The number of nitrogens with zero attached hydrogens (tertiary/aromatic N) is 6. The maximum absolute atomic E-state index is 15.0. The van der Waals surface area contributed by atoms with E-state index in [2.05, 4.69) is 24.9 Å². The number of aryl methyl sites for hydroxylation is 5. The summed E-state index contributed by atoms with van der Waals surface area (Å²) in [5.74, 6) is -0.0971. The average molecular weight is 1610 g/mol. The number of nitrogens with one attached hydrogen (secondary N) is 4. The lowest BCUT2D eigenvalue weighted by Crippen LogP contribution is -2.52. The predicted octanol–water partition coefficient (Wildman–Crippen LogP) is -1.68. The van der Waals surface area contributed by atoms with Crippen molar-refractivity contribution in [2.45, 2.75) is 209 Å². The van der Waals surface area contributed by atoms with E-state index in [-0.39, 0.29) is 40.9 Å². The summed E-state index contributed by atoms with van der Waals surface area (Å²) in [4.78, 5) is 176. The molecule has 43 nitrogen and oxygen atoms in total. The Bertz CT molecular complexity index is 5110. The topological polar surface area (TPSA) is 563 Å². The van der Waals surface area contributed by atoms with Crippen molar-refractivity contribution in [3.05, 3.63) is 153 Å². The molecule has 8 saturated heterocycles. The first-order chi connectivity index (χ1) is 49.6. The largest absolute Gasteiger partial charge is 0.472 e. The number of H-pyrrole nitrogens is 4. The van der Waals surface area contributed by atoms with Gasteiger partial charge in [-0.25, -0.2) is 33.1 Å². The molecule has 6 bridgehead atoms. The van der Waals surface area contributed by atoms with Crippen LogP contribution in [0.3, 0.4) is 0 Å². The van der Waals surface area contributed by atoms with Gasteiger partial charge in [0.2, 0.25) is 0 Å². The molecule has 5 aromatic rings. The van der Waals surface area contributed by atoms with Crippen molar-refractivity contribution in [2.24, 2.45) is 0 Å². The fraction of sp³-hybridized carbons (Fsp3) is 0.649. The van der Waals surface area contributed by atoms with Crippen molar-refractivity contribution in [2.75, 3.05) is 32.2 Å². The Morgan fingerprint density at radius 2 is 0.868 bits per heavy atom. The molecule has 5 aromatic heterocycles. The minimum atomic E-state index is -5.78. The van der Waals surface area contributed by atoms with Crippen LogP contribution in [-0.2, 0) is 107 Å². The number of hydrogen-bond acceptors (Lipinski definition) is 32. The van der Waals surface area contributed by atoms with E-state index in [0.29, 0.717) is 12.0 Å². The average Bonchev–Trinajstić information content (AvgIpc) is 1.56. The van der Waals surface area contributed by atoms with Gasteiger partial charge in [0.25, 0.3) is 22.2 Å². The summed E-state index contributed by atoms with van der Waals surface area (Å²) >= 11 is 11.1. The van der Waals surface area contributed by atoms with Crippen molar-refractivity contribution in [1.29, 1.82) is 0 Å². The van der Waals surface area contributed by atoms with Gasteiger partial charge in [0.1, 0.15) is 77.8 Å². The summed E-state index contributed by atoms with van der Waals surface area (Å²) < 4.78 is 132. The third-order valence-corrected chi connectivity index (χ3v) is 25.2. The lowest BCUT2D eigenvalue weighted by atomic mass is 9.94. The number of nitrogen functional groups attached to an aromatic ring is 1. The molecule has 0 saturated carbocycles. The van der Waals surface area contributed by atoms with E-state index in [1.54, 1.807) is 13.8 Å². The van der Waals surface area contributed by atoms with Crippen molar-refractivity contribution in [3.8, 4) is 0 Å². The van der Waals surface area contributed by atoms with Gasteiger partial charge in [-0.1, -0.05) is 6.92 Å². The highest BCUT2D eigenvalue weighted by molar-refractivity contribution is 8.07. The number of ether oxygens (including phenoxy) is 8. The SMILES string of the molecule is CC[C@H]1O[C@@H](n2cc(C)c(=O)[nH]c2=O)C[C@H]1OP(O)(=S)OC[C@H]1O[C@@H](n2cc(C)c(N)nc2=O)C[C@H]1OP(O)(=S)OC[C@]12O[C@@H](n3cc(C)c(=O)[nH]c3=O)C(O[C@H]1C)[C@H]2OP(=O)(O)OC[C@]12O[C@@H](n3cc(C)c(=O)[nH]c3=O)C(O[C@H]1C)[C@H]2OP(=O)(O)OC[C@]12O[C@@H](n3cc(C)c(=O)[nH]c3=O)C(O[C@H]1C)[C@H]2O. The van der Waals surface area contributed by atoms with Crippen LogP contribution in [-0.4, -0.2) is 195 Å². The van der Waals surface area contributed by atoms with Crippen LogP contribution in [0.2, 0.25) is 0 Å². The standard InChI is InChI=1S/C57H75N11O32P4S2/c1-10-30-31(11-34(92-30)65-14-23(3)43(70)60-51(65)75)97-103(83,105)85-18-33-32(12-35(93-33)64-13-22(2)42(58)59-50(64)74)98-104(84,106)88-21-57-29(9)91-38(49(96-57)68-17-26(6)46(73)63-54(68)78)41(57)100-102(81,82)87-20-56-28(8)90-37(48(95-56)67-16-25(5)45(72)62-53(67)77)40(56)99-101(79,80)86-19-55-27(7)89-36(39(55)69)47(94-55)66-15-24(4)44(71)61-52(66)76/h13-17,27-41,47-49,69H,10-12,18-21H2,1-9H3,(H,79,80)(H,81,82)(H,83,105)(H,84,106)(H2,58,59,74)(H,60,70,75)(H,61,71,76)(H,62,72,77)(H,63,73,78)/t27-,28-,29-,30+,31+,32+,33+,34+,35+,36?,37?,38?,39+,40+,41+,47+,48+,49+,55-,56-,57-,103?,104?/m0/s1. The molecule has 11 N–H and O–H groups in total. The van der Waals surface area contributed by atoms with E-state index in [4.69, 9.17) is 103 Å². The molecule has 0 amide bonds. The fourth-order valence-corrected chi connectivity index (χ4v) is 19.3. The molecule has 582 valence electrons. The molecule has 0 spiro atoms. The zero-order valence-electron chi connectivity index (χ0n) is 57.4. The Balaban J connectivity index is 0.755. The molecular formula is C57H75N11O32P4S2. The molecule has 106 heavy (non-hydrogen) atoms. The third kappa shape index (κ3) is 14.4. The summed E-state index contributed by atoms with van der Waals surface area (Å²) in [7, 11) is -11.4. The Kier molecular flexibility index (Phi) is 21.1. The van der Waals surface area contributed by atoms with Crippen molar-refractivity contribution in [3.63, 3.8) is 0 Å². The van der Waals surface area contributed by atoms with Gasteiger partial charge in [0.05, 0.1) is 63.1 Å². The first-order valence-corrected chi connectivity index (χ1v) is 41.0. The number of rotatable bonds is 26. The number of aromatic amines is 4. The molecule has 8 aliphatic rings. The number of phosphoric ester groups is 2. The van der Waals surface area contributed by atoms with Gasteiger partial charge in [-0.2, -0.15) is 4.98 Å². The summed E-state index contributed by atoms with van der Waals surface area (Å²) in [5, 5.41) is 11.6. The molecule has 49 heteroatoms. The van der Waals surface area contributed by atoms with Crippen LogP contribution in [0.1, 0.15) is 106 Å². The molecule has 0 aliphatic carbocycles. The quantitative estimate of drug-likeness (QED) is 0.0276. The highest BCUT2D eigenvalue weighted by Gasteiger charge is 2.72. The highest BCUT2D eigenvalue weighted by atomic mass is 32.5. The molecule has 0 aromatic carbocycles. The Labute approximate surface area is 605 Å². The monoisotopic (exact) mass is 1610 g/mol. The maximum atomic E-state index is 15.0. The number of hydrogen-bond donors (Lipinski definition) is 10. The smallest absolute Gasteiger partial charge is 0.387 e. The van der Waals surface area contributed by atoms with Gasteiger partial charge in [-0.15, -0.1) is 0 Å². The van der Waals surface area contributed by atoms with Gasteiger partial charge in [-0.3, -0.25) is 80.0 Å². The molecule has 25 atom stereocenters. The summed E-state index contributed by atoms with van der Waals surface area (Å²) in [6, 6.07) is 0. The maximum Gasteiger partial charge on any atom is 0.472 e. The van der Waals surface area contributed by atoms with Crippen LogP contribution in [0.4, 0.5) is 5.82 Å². The van der Waals surface area contributed by atoms with E-state index in [1.165, 1.54) is 71.6 Å². The second-order valence-electron chi connectivity index (χ2n) is 26.9. The van der Waals surface area contributed by atoms with E-state index < -0.39 is 233 Å². The van der Waals surface area contributed by atoms with Gasteiger partial charge < -0.3 is 86.4 Å². The van der Waals surface area contributed by atoms with Crippen molar-refractivity contribution >= 4 is 58.5 Å². The van der Waals surface area contributed by atoms with Gasteiger partial charge in [-0.05, 0) is 85.4 Å². The van der Waals surface area contributed by atoms with E-state index in [0.717, 1.165) is 30.7 Å². The number of anilines is 1. The molecule has 8 aliphatic heterocycles. The Morgan fingerprint density at radius 3 is 1.34 bits per heavy atom. The number of aliphatic hydroxyl groups excluding tert-OH is 1. The van der Waals surface area contributed by atoms with Crippen LogP contribution in [0, 0.1) is 34.6 Å². The molecule has 13 heterocycles. The summed E-state index contributed by atoms with van der Waals surface area (Å²) in [5.41, 5.74) is -7.67. The van der Waals surface area contributed by atoms with Crippen LogP contribution in [0.15, 0.2) is 74.1 Å². The number of fused-ring (bicyclic) bond motifs is 6. The summed E-state index contributed by atoms with van der Waals surface area (Å²) in [6.07, 6.45) is -19.5. The van der Waals surface area contributed by atoms with Crippen LogP contribution in [0.5, 0.6) is 0 Å². The molecule has 13 rings (SSSR count). The van der Waals surface area contributed by atoms with Gasteiger partial charge in [0.15, 0.2) is 18.7 Å². The van der Waals surface area contributed by atoms with E-state index >= 15 is 0 Å².